The van der Waals surface area contributed by atoms with E-state index in [4.69, 9.17) is 33.2 Å². The van der Waals surface area contributed by atoms with Crippen LogP contribution in [-0.2, 0) is 0 Å². The summed E-state index contributed by atoms with van der Waals surface area (Å²) in [5.41, 5.74) is 0. The summed E-state index contributed by atoms with van der Waals surface area (Å²) < 4.78 is 0. The lowest BCUT2D eigenvalue weighted by Crippen LogP contribution is -2.34. The highest BCUT2D eigenvalue weighted by molar-refractivity contribution is 7.63. The van der Waals surface area contributed by atoms with Gasteiger partial charge in [-0.1, -0.05) is 0 Å². The van der Waals surface area contributed by atoms with Crippen LogP contribution in [0.5, 0.6) is 0 Å². The number of hydrogen-bond acceptors (Lipinski definition) is 1. The number of nitrogens with one attached hydrogen (secondary N) is 1. The largest absolute Gasteiger partial charge is 0.421 e. The van der Waals surface area contributed by atoms with Gasteiger partial charge in [0.05, 0.1) is 0 Å². The van der Waals surface area contributed by atoms with Gasteiger partial charge < -0.3 is 4.98 Å². The van der Waals surface area contributed by atoms with Crippen molar-refractivity contribution >= 4 is 47.2 Å². The Hall–Kier alpha value is 1.11. The van der Waals surface area contributed by atoms with Crippen molar-refractivity contribution in [3.05, 3.63) is 0 Å². The Morgan fingerprint density at radius 1 is 1.43 bits per heavy atom. The Morgan fingerprint density at radius 3 is 1.86 bits per heavy atom. The Labute approximate surface area is 58.9 Å². The summed E-state index contributed by atoms with van der Waals surface area (Å²) in [6, 6.07) is 0. The molecule has 0 aliphatic rings. The van der Waals surface area contributed by atoms with Crippen LogP contribution in [0.25, 0.3) is 0 Å². The van der Waals surface area contributed by atoms with Crippen LogP contribution in [0.4, 0.5) is 0 Å². The molecule has 42 valence electrons. The summed E-state index contributed by atoms with van der Waals surface area (Å²) in [4.78, 5) is 2.72. The predicted octanol–water partition coefficient (Wildman–Crippen LogP) is 0.319. The molecule has 0 saturated carbocycles. The molecule has 0 aliphatic carbocycles. The maximum Gasteiger partial charge on any atom is 0.421 e. The fourth-order valence-corrected chi connectivity index (χ4v) is 1.80. The fraction of sp³-hybridized carbons (Fsp3) is 1.00. The first-order valence-electron chi connectivity index (χ1n) is 1.88. The minimum absolute atomic E-state index is 0.725. The lowest BCUT2D eigenvalue weighted by molar-refractivity contribution is 1.18. The van der Waals surface area contributed by atoms with Crippen molar-refractivity contribution < 1.29 is 0 Å². The van der Waals surface area contributed by atoms with Crippen molar-refractivity contribution in [3.63, 3.8) is 0 Å². The van der Waals surface area contributed by atoms with Gasteiger partial charge in [0.15, 0.2) is 0 Å². The van der Waals surface area contributed by atoms with Crippen molar-refractivity contribution in [2.45, 2.75) is 0 Å². The van der Waals surface area contributed by atoms with E-state index in [9.17, 15) is 0 Å². The second kappa shape index (κ2) is 3.20. The van der Waals surface area contributed by atoms with Crippen LogP contribution in [0.2, 0.25) is 0 Å². The SMILES string of the molecule is BCN[Si](Cl)(Cl)Cl. The molecular formula is CH5BCl3NSi. The topological polar surface area (TPSA) is 12.0 Å². The molecule has 0 atom stereocenters. The van der Waals surface area contributed by atoms with Gasteiger partial charge in [0, 0.05) is 0 Å². The summed E-state index contributed by atoms with van der Waals surface area (Å²) in [6.07, 6.45) is -1.77. The highest BCUT2D eigenvalue weighted by Crippen LogP contribution is 2.13. The minimum atomic E-state index is -2.49. The van der Waals surface area contributed by atoms with Crippen LogP contribution >= 0.6 is 33.2 Å². The van der Waals surface area contributed by atoms with Crippen LogP contribution < -0.4 is 4.98 Å². The molecule has 0 heterocycles. The average molecular weight is 176 g/mol. The van der Waals surface area contributed by atoms with Crippen LogP contribution in [0.15, 0.2) is 0 Å². The second-order valence-corrected chi connectivity index (χ2v) is 9.22. The molecule has 0 aliphatic heterocycles. The molecule has 0 spiro atoms. The van der Waals surface area contributed by atoms with Crippen LogP contribution in [0.3, 0.4) is 0 Å². The molecule has 0 aromatic rings. The molecule has 0 rings (SSSR count). The quantitative estimate of drug-likeness (QED) is 0.472. The van der Waals surface area contributed by atoms with Crippen molar-refractivity contribution in [2.75, 3.05) is 6.44 Å². The van der Waals surface area contributed by atoms with Gasteiger partial charge in [0.25, 0.3) is 0 Å². The summed E-state index contributed by atoms with van der Waals surface area (Å²) in [7, 11) is 1.90. The summed E-state index contributed by atoms with van der Waals surface area (Å²) >= 11 is 16.2. The molecule has 1 nitrogen and oxygen atoms in total. The summed E-state index contributed by atoms with van der Waals surface area (Å²) in [5, 5.41) is 0. The van der Waals surface area contributed by atoms with E-state index in [0.29, 0.717) is 0 Å². The number of hydrogen-bond donors (Lipinski definition) is 1. The minimum Gasteiger partial charge on any atom is -0.309 e. The standard InChI is InChI=1S/CH5BCl3NSi/c2-1-6-7(3,4)5/h6H,1-2H2. The van der Waals surface area contributed by atoms with Gasteiger partial charge in [-0.05, 0) is 6.44 Å². The normalized spacial score (nSPS) is 11.9. The molecule has 0 amide bonds. The first kappa shape index (κ1) is 8.11. The zero-order valence-electron chi connectivity index (χ0n) is 3.84. The molecule has 7 heavy (non-hydrogen) atoms. The lowest BCUT2D eigenvalue weighted by Gasteiger charge is -2.04. The molecule has 0 fully saturated rings. The Balaban J connectivity index is 3.15. The van der Waals surface area contributed by atoms with Crippen LogP contribution in [-0.4, -0.2) is 20.5 Å². The van der Waals surface area contributed by atoms with Gasteiger partial charge in [0.2, 0.25) is 0 Å². The third-order valence-electron chi connectivity index (χ3n) is 0.377. The summed E-state index contributed by atoms with van der Waals surface area (Å²) in [6.45, 7) is 0. The monoisotopic (exact) mass is 175 g/mol. The number of halogens is 3. The van der Waals surface area contributed by atoms with E-state index < -0.39 is 6.16 Å². The molecule has 1 N–H and O–H groups in total. The van der Waals surface area contributed by atoms with E-state index in [1.807, 2.05) is 7.85 Å². The zero-order valence-corrected chi connectivity index (χ0v) is 7.11. The van der Waals surface area contributed by atoms with E-state index in [1.165, 1.54) is 0 Å². The van der Waals surface area contributed by atoms with Gasteiger partial charge in [-0.3, -0.25) is 0 Å². The van der Waals surface area contributed by atoms with Crippen molar-refractivity contribution in [2.24, 2.45) is 0 Å². The van der Waals surface area contributed by atoms with Crippen LogP contribution in [0.1, 0.15) is 0 Å². The highest BCUT2D eigenvalue weighted by atomic mass is 35.8. The average Bonchev–Trinajstić information content (AvgIpc) is 1.30. The first-order chi connectivity index (χ1) is 3.06. The third-order valence-corrected chi connectivity index (χ3v) is 2.33. The van der Waals surface area contributed by atoms with Gasteiger partial charge in [-0.2, -0.15) is 0 Å². The molecule has 6 heteroatoms. The van der Waals surface area contributed by atoms with E-state index >= 15 is 0 Å². The molecular weight excluding hydrogens is 171 g/mol. The lowest BCUT2D eigenvalue weighted by atomic mass is 10.2. The van der Waals surface area contributed by atoms with Crippen molar-refractivity contribution in [3.8, 4) is 0 Å². The van der Waals surface area contributed by atoms with Gasteiger partial charge in [-0.15, -0.1) is 33.2 Å². The van der Waals surface area contributed by atoms with Gasteiger partial charge >= 0.3 is 6.16 Å². The van der Waals surface area contributed by atoms with E-state index in [1.54, 1.807) is 0 Å². The Kier molecular flexibility index (Phi) is 3.71. The maximum atomic E-state index is 5.39. The fourth-order valence-electron chi connectivity index (χ4n) is 0.200. The molecule has 0 radical (unpaired) electrons. The second-order valence-electron chi connectivity index (χ2n) is 1.03. The third kappa shape index (κ3) is 7.11. The van der Waals surface area contributed by atoms with Gasteiger partial charge in [0.1, 0.15) is 7.85 Å². The molecule has 0 unspecified atom stereocenters. The Morgan fingerprint density at radius 2 is 1.86 bits per heavy atom. The predicted molar refractivity (Wildman–Crippen MR) is 39.9 cm³/mol. The summed E-state index contributed by atoms with van der Waals surface area (Å²) in [5.74, 6) is 0. The molecule has 0 saturated heterocycles. The Bertz CT molecular complexity index is 53.4. The van der Waals surface area contributed by atoms with Crippen molar-refractivity contribution in [1.82, 2.24) is 4.98 Å². The molecule has 0 aromatic carbocycles. The van der Waals surface area contributed by atoms with Gasteiger partial charge in [-0.25, -0.2) is 0 Å². The number of rotatable bonds is 2. The maximum absolute atomic E-state index is 5.39. The molecule has 0 aromatic heterocycles. The van der Waals surface area contributed by atoms with E-state index in [-0.39, 0.29) is 0 Å². The van der Waals surface area contributed by atoms with E-state index in [0.717, 1.165) is 6.44 Å². The van der Waals surface area contributed by atoms with Crippen molar-refractivity contribution in [1.29, 1.82) is 0 Å². The molecule has 0 bridgehead atoms. The first-order valence-corrected chi connectivity index (χ1v) is 6.91. The van der Waals surface area contributed by atoms with E-state index in [2.05, 4.69) is 4.98 Å². The zero-order chi connectivity index (χ0) is 5.91. The van der Waals surface area contributed by atoms with Crippen LogP contribution in [0, 0.1) is 0 Å². The smallest absolute Gasteiger partial charge is 0.309 e. The highest BCUT2D eigenvalue weighted by Gasteiger charge is 2.22.